The third-order valence-corrected chi connectivity index (χ3v) is 4.48. The van der Waals surface area contributed by atoms with Gasteiger partial charge >= 0.3 is 5.97 Å². The molecule has 1 N–H and O–H groups in total. The number of rotatable bonds is 6. The zero-order valence-electron chi connectivity index (χ0n) is 15.4. The van der Waals surface area contributed by atoms with Crippen molar-refractivity contribution in [2.45, 2.75) is 32.7 Å². The number of hydrogen-bond donors (Lipinski definition) is 1. The summed E-state index contributed by atoms with van der Waals surface area (Å²) < 4.78 is 7.28. The van der Waals surface area contributed by atoms with E-state index < -0.39 is 11.9 Å². The Labute approximate surface area is 158 Å². The Morgan fingerprint density at radius 2 is 2.00 bits per heavy atom. The molecule has 1 aromatic carbocycles. The second-order valence-electron chi connectivity index (χ2n) is 6.61. The number of benzene rings is 1. The number of anilines is 1. The molecule has 1 saturated carbocycles. The van der Waals surface area contributed by atoms with Crippen LogP contribution in [0, 0.1) is 25.2 Å². The van der Waals surface area contributed by atoms with E-state index in [1.54, 1.807) is 30.3 Å². The fourth-order valence-electron chi connectivity index (χ4n) is 3.03. The van der Waals surface area contributed by atoms with E-state index in [1.807, 2.05) is 13.0 Å². The quantitative estimate of drug-likeness (QED) is 0.629. The van der Waals surface area contributed by atoms with Gasteiger partial charge in [-0.3, -0.25) is 4.79 Å². The van der Waals surface area contributed by atoms with Crippen molar-refractivity contribution in [2.75, 3.05) is 11.9 Å². The number of hydrogen-bond acceptors (Lipinski definition) is 4. The zero-order chi connectivity index (χ0) is 19.4. The summed E-state index contributed by atoms with van der Waals surface area (Å²) in [5.41, 5.74) is 4.35. The highest BCUT2D eigenvalue weighted by Crippen LogP contribution is 2.38. The highest BCUT2D eigenvalue weighted by Gasteiger charge is 2.26. The number of aromatic nitrogens is 1. The van der Waals surface area contributed by atoms with Crippen molar-refractivity contribution in [1.29, 1.82) is 5.26 Å². The normalized spacial score (nSPS) is 13.4. The second-order valence-corrected chi connectivity index (χ2v) is 6.61. The second kappa shape index (κ2) is 7.92. The summed E-state index contributed by atoms with van der Waals surface area (Å²) in [4.78, 5) is 23.7. The topological polar surface area (TPSA) is 84.1 Å². The summed E-state index contributed by atoms with van der Waals surface area (Å²) in [5, 5.41) is 11.4. The van der Waals surface area contributed by atoms with E-state index in [9.17, 15) is 9.59 Å². The molecule has 0 aliphatic heterocycles. The minimum atomic E-state index is -0.568. The standard InChI is InChI=1S/C21H21N3O3/c1-14-11-17(15(2)24(14)19-8-9-19)5-10-21(26)27-13-20(25)23-18-6-3-16(12-22)4-7-18/h3-7,10-11,19H,8-9,13H2,1-2H3,(H,23,25)/b10-5+. The van der Waals surface area contributed by atoms with E-state index in [1.165, 1.54) is 24.6 Å². The molecule has 1 fully saturated rings. The Morgan fingerprint density at radius 3 is 2.63 bits per heavy atom. The van der Waals surface area contributed by atoms with Gasteiger partial charge in [0.25, 0.3) is 5.91 Å². The molecule has 1 aliphatic rings. The maximum atomic E-state index is 11.9. The molecule has 3 rings (SSSR count). The van der Waals surface area contributed by atoms with Gasteiger partial charge in [-0.1, -0.05) is 0 Å². The number of esters is 1. The van der Waals surface area contributed by atoms with Gasteiger partial charge in [-0.2, -0.15) is 5.26 Å². The van der Waals surface area contributed by atoms with E-state index in [0.717, 1.165) is 11.3 Å². The predicted octanol–water partition coefficient (Wildman–Crippen LogP) is 3.51. The SMILES string of the molecule is Cc1cc(/C=C/C(=O)OCC(=O)Nc2ccc(C#N)cc2)c(C)n1C1CC1. The Kier molecular flexibility index (Phi) is 5.41. The average molecular weight is 363 g/mol. The summed E-state index contributed by atoms with van der Waals surface area (Å²) >= 11 is 0. The van der Waals surface area contributed by atoms with Crippen molar-refractivity contribution in [3.8, 4) is 6.07 Å². The number of carbonyl (C=O) groups is 2. The first-order valence-electron chi connectivity index (χ1n) is 8.81. The van der Waals surface area contributed by atoms with Gasteiger partial charge in [0, 0.05) is 29.2 Å². The highest BCUT2D eigenvalue weighted by molar-refractivity contribution is 5.94. The van der Waals surface area contributed by atoms with E-state index >= 15 is 0 Å². The van der Waals surface area contributed by atoms with E-state index in [-0.39, 0.29) is 6.61 Å². The Bertz CT molecular complexity index is 929. The molecule has 1 aromatic heterocycles. The molecule has 6 heteroatoms. The van der Waals surface area contributed by atoms with E-state index in [0.29, 0.717) is 17.3 Å². The van der Waals surface area contributed by atoms with Crippen molar-refractivity contribution in [1.82, 2.24) is 4.57 Å². The molecule has 138 valence electrons. The Hall–Kier alpha value is -3.33. The van der Waals surface area contributed by atoms with Gasteiger partial charge in [0.15, 0.2) is 6.61 Å². The van der Waals surface area contributed by atoms with Gasteiger partial charge < -0.3 is 14.6 Å². The molecule has 0 radical (unpaired) electrons. The molecule has 6 nitrogen and oxygen atoms in total. The van der Waals surface area contributed by atoms with E-state index in [4.69, 9.17) is 10.00 Å². The van der Waals surface area contributed by atoms with Crippen LogP contribution in [-0.4, -0.2) is 23.1 Å². The molecule has 27 heavy (non-hydrogen) atoms. The van der Waals surface area contributed by atoms with Crippen LogP contribution in [0.5, 0.6) is 0 Å². The molecule has 0 bridgehead atoms. The van der Waals surface area contributed by atoms with Gasteiger partial charge in [-0.15, -0.1) is 0 Å². The average Bonchev–Trinajstić information content (AvgIpc) is 3.44. The number of nitrogens with one attached hydrogen (secondary N) is 1. The highest BCUT2D eigenvalue weighted by atomic mass is 16.5. The van der Waals surface area contributed by atoms with Crippen LogP contribution in [0.2, 0.25) is 0 Å². The first-order chi connectivity index (χ1) is 13.0. The first kappa shape index (κ1) is 18.5. The summed E-state index contributed by atoms with van der Waals surface area (Å²) in [7, 11) is 0. The lowest BCUT2D eigenvalue weighted by Gasteiger charge is -2.06. The number of nitriles is 1. The molecule has 1 heterocycles. The van der Waals surface area contributed by atoms with Crippen LogP contribution in [0.1, 0.15) is 41.4 Å². The number of carbonyl (C=O) groups excluding carboxylic acids is 2. The molecular formula is C21H21N3O3. The maximum Gasteiger partial charge on any atom is 0.331 e. The number of nitrogens with zero attached hydrogens (tertiary/aromatic N) is 2. The molecule has 0 spiro atoms. The predicted molar refractivity (Wildman–Crippen MR) is 102 cm³/mol. The lowest BCUT2D eigenvalue weighted by Crippen LogP contribution is -2.20. The Balaban J connectivity index is 1.50. The molecule has 1 amide bonds. The molecule has 0 unspecified atom stereocenters. The number of amides is 1. The fraction of sp³-hybridized carbons (Fsp3) is 0.286. The first-order valence-corrected chi connectivity index (χ1v) is 8.81. The van der Waals surface area contributed by atoms with Crippen LogP contribution in [0.3, 0.4) is 0 Å². The van der Waals surface area contributed by atoms with Crippen molar-refractivity contribution in [2.24, 2.45) is 0 Å². The molecule has 1 aliphatic carbocycles. The van der Waals surface area contributed by atoms with E-state index in [2.05, 4.69) is 22.9 Å². The smallest absolute Gasteiger partial charge is 0.331 e. The number of aryl methyl sites for hydroxylation is 1. The van der Waals surface area contributed by atoms with Gasteiger partial charge in [0.05, 0.1) is 11.6 Å². The van der Waals surface area contributed by atoms with Gasteiger partial charge in [-0.05, 0) is 68.7 Å². The Morgan fingerprint density at radius 1 is 1.30 bits per heavy atom. The summed E-state index contributed by atoms with van der Waals surface area (Å²) in [6.07, 6.45) is 5.47. The molecule has 0 saturated heterocycles. The lowest BCUT2D eigenvalue weighted by atomic mass is 10.2. The van der Waals surface area contributed by atoms with Gasteiger partial charge in [0.1, 0.15) is 0 Å². The van der Waals surface area contributed by atoms with Gasteiger partial charge in [-0.25, -0.2) is 4.79 Å². The maximum absolute atomic E-state index is 11.9. The van der Waals surface area contributed by atoms with Crippen LogP contribution >= 0.6 is 0 Å². The minimum Gasteiger partial charge on any atom is -0.452 e. The lowest BCUT2D eigenvalue weighted by molar-refractivity contribution is -0.142. The van der Waals surface area contributed by atoms with Crippen LogP contribution in [0.4, 0.5) is 5.69 Å². The molecular weight excluding hydrogens is 342 g/mol. The zero-order valence-corrected chi connectivity index (χ0v) is 15.4. The number of ether oxygens (including phenoxy) is 1. The van der Waals surface area contributed by atoms with Crippen molar-refractivity contribution in [3.63, 3.8) is 0 Å². The summed E-state index contributed by atoms with van der Waals surface area (Å²) in [6, 6.07) is 11.1. The largest absolute Gasteiger partial charge is 0.452 e. The summed E-state index contributed by atoms with van der Waals surface area (Å²) in [5.74, 6) is -1.01. The molecule has 2 aromatic rings. The van der Waals surface area contributed by atoms with Crippen molar-refractivity contribution < 1.29 is 14.3 Å². The minimum absolute atomic E-state index is 0.371. The summed E-state index contributed by atoms with van der Waals surface area (Å²) in [6.45, 7) is 3.74. The third kappa shape index (κ3) is 4.64. The van der Waals surface area contributed by atoms with Crippen molar-refractivity contribution in [3.05, 3.63) is 58.9 Å². The van der Waals surface area contributed by atoms with Crippen LogP contribution < -0.4 is 5.32 Å². The van der Waals surface area contributed by atoms with Crippen LogP contribution in [0.15, 0.2) is 36.4 Å². The third-order valence-electron chi connectivity index (χ3n) is 4.48. The molecule has 0 atom stereocenters. The monoisotopic (exact) mass is 363 g/mol. The van der Waals surface area contributed by atoms with Crippen molar-refractivity contribution >= 4 is 23.6 Å². The van der Waals surface area contributed by atoms with Gasteiger partial charge in [0.2, 0.25) is 0 Å². The fourth-order valence-corrected chi connectivity index (χ4v) is 3.03. The van der Waals surface area contributed by atoms with Crippen LogP contribution in [-0.2, 0) is 14.3 Å². The van der Waals surface area contributed by atoms with Crippen LogP contribution in [0.25, 0.3) is 6.08 Å².